The highest BCUT2D eigenvalue weighted by Crippen LogP contribution is 2.25. The van der Waals surface area contributed by atoms with E-state index in [-0.39, 0.29) is 0 Å². The molecule has 0 unspecified atom stereocenters. The molecule has 0 aliphatic carbocycles. The summed E-state index contributed by atoms with van der Waals surface area (Å²) in [7, 11) is 9.50. The molecule has 660 valence electrons. The SMILES string of the molecule is CCCCCCCCCCCCCCCCCC[N+](C)(C)C.CCCCCCCCCCCC[N+](C)(CCCCCCCCCCCC)CCCCCCCCCCCC.CCCCCCCCCCCC[N+](CCCCCCCCCCCC)(CCCCCCCCCCCC)CCCCCCCCCCCC. The predicted octanol–water partition coefficient (Wildman–Crippen LogP) is 37.6. The number of hydrogen-bond donors (Lipinski definition) is 0. The van der Waals surface area contributed by atoms with Crippen LogP contribution in [0.2, 0.25) is 0 Å². The van der Waals surface area contributed by atoms with Crippen LogP contribution in [0.3, 0.4) is 0 Å². The molecule has 0 atom stereocenters. The van der Waals surface area contributed by atoms with Crippen LogP contribution in [0.1, 0.15) is 608 Å². The molecule has 0 spiro atoms. The maximum atomic E-state index is 2.61. The number of quaternary nitrogens is 3. The Bertz CT molecular complexity index is 1370. The Morgan fingerprint density at radius 2 is 0.193 bits per heavy atom. The molecule has 0 rings (SSSR count). The average molecular weight is 1540 g/mol. The quantitative estimate of drug-likeness (QED) is 0.0421. The zero-order chi connectivity index (χ0) is 80.0. The number of unbranched alkanes of at least 4 members (excludes halogenated alkanes) is 78. The van der Waals surface area contributed by atoms with E-state index in [2.05, 4.69) is 83.6 Å². The second kappa shape index (κ2) is 98.5. The molecular formula is C106H224N3+3. The molecule has 0 heterocycles. The van der Waals surface area contributed by atoms with Crippen molar-refractivity contribution in [2.75, 3.05) is 80.5 Å². The highest BCUT2D eigenvalue weighted by atomic mass is 15.3. The summed E-state index contributed by atoms with van der Waals surface area (Å²) in [5.41, 5.74) is 0. The fourth-order valence-corrected chi connectivity index (χ4v) is 17.8. The van der Waals surface area contributed by atoms with Crippen LogP contribution in [0.5, 0.6) is 0 Å². The Morgan fingerprint density at radius 1 is 0.101 bits per heavy atom. The Balaban J connectivity index is -0.00000166. The van der Waals surface area contributed by atoms with Gasteiger partial charge in [-0.2, -0.15) is 0 Å². The molecule has 0 saturated heterocycles. The molecule has 0 N–H and O–H groups in total. The minimum atomic E-state index is 1.12. The summed E-state index contributed by atoms with van der Waals surface area (Å²) in [5.74, 6) is 0. The van der Waals surface area contributed by atoms with Crippen molar-refractivity contribution in [3.05, 3.63) is 0 Å². The molecule has 3 nitrogen and oxygen atoms in total. The van der Waals surface area contributed by atoms with E-state index in [1.54, 1.807) is 0 Å². The zero-order valence-electron chi connectivity index (χ0n) is 79.8. The molecule has 0 fully saturated rings. The van der Waals surface area contributed by atoms with Crippen LogP contribution in [-0.2, 0) is 0 Å². The number of nitrogens with zero attached hydrogens (tertiary/aromatic N) is 3. The van der Waals surface area contributed by atoms with Crippen molar-refractivity contribution in [2.45, 2.75) is 608 Å². The van der Waals surface area contributed by atoms with Gasteiger partial charge in [-0.3, -0.25) is 0 Å². The van der Waals surface area contributed by atoms with Crippen molar-refractivity contribution in [1.82, 2.24) is 0 Å². The molecule has 0 radical (unpaired) electrons. The van der Waals surface area contributed by atoms with Crippen LogP contribution in [0.15, 0.2) is 0 Å². The van der Waals surface area contributed by atoms with Crippen molar-refractivity contribution < 1.29 is 13.4 Å². The van der Waals surface area contributed by atoms with Crippen molar-refractivity contribution in [3.63, 3.8) is 0 Å². The van der Waals surface area contributed by atoms with Crippen molar-refractivity contribution in [3.8, 4) is 0 Å². The van der Waals surface area contributed by atoms with Gasteiger partial charge < -0.3 is 13.4 Å². The second-order valence-electron chi connectivity index (χ2n) is 38.6. The first-order chi connectivity index (χ1) is 53.5. The van der Waals surface area contributed by atoms with Gasteiger partial charge in [0, 0.05) is 0 Å². The summed E-state index contributed by atoms with van der Waals surface area (Å²) in [4.78, 5) is 0. The lowest BCUT2D eigenvalue weighted by atomic mass is 10.0. The lowest BCUT2D eigenvalue weighted by molar-refractivity contribution is -0.929. The van der Waals surface area contributed by atoms with Gasteiger partial charge in [0.1, 0.15) is 0 Å². The lowest BCUT2D eigenvalue weighted by Gasteiger charge is -2.40. The largest absolute Gasteiger partial charge is 0.331 e. The minimum Gasteiger partial charge on any atom is -0.331 e. The molecule has 0 saturated carbocycles. The van der Waals surface area contributed by atoms with E-state index >= 15 is 0 Å². The van der Waals surface area contributed by atoms with Gasteiger partial charge in [0.25, 0.3) is 0 Å². The minimum absolute atomic E-state index is 1.12. The van der Waals surface area contributed by atoms with Crippen LogP contribution in [0.4, 0.5) is 0 Å². The molecule has 0 aliphatic heterocycles. The lowest BCUT2D eigenvalue weighted by Crippen LogP contribution is -2.50. The fourth-order valence-electron chi connectivity index (χ4n) is 17.8. The van der Waals surface area contributed by atoms with Gasteiger partial charge in [0.05, 0.1) is 80.5 Å². The van der Waals surface area contributed by atoms with E-state index < -0.39 is 0 Å². The zero-order valence-corrected chi connectivity index (χ0v) is 79.8. The van der Waals surface area contributed by atoms with E-state index in [4.69, 9.17) is 0 Å². The topological polar surface area (TPSA) is 0 Å². The van der Waals surface area contributed by atoms with Crippen LogP contribution >= 0.6 is 0 Å². The first-order valence-corrected chi connectivity index (χ1v) is 53.0. The smallest absolute Gasteiger partial charge is 0.0786 e. The maximum absolute atomic E-state index is 2.61. The third kappa shape index (κ3) is 100. The monoisotopic (exact) mass is 1540 g/mol. The number of hydrogen-bond acceptors (Lipinski definition) is 0. The van der Waals surface area contributed by atoms with E-state index in [0.29, 0.717) is 0 Å². The van der Waals surface area contributed by atoms with E-state index in [9.17, 15) is 0 Å². The van der Waals surface area contributed by atoms with Gasteiger partial charge >= 0.3 is 0 Å². The molecular weight excluding hydrogens is 1320 g/mol. The second-order valence-corrected chi connectivity index (χ2v) is 38.6. The van der Waals surface area contributed by atoms with Crippen molar-refractivity contribution >= 4 is 0 Å². The Kier molecular flexibility index (Phi) is 102. The molecule has 0 aromatic heterocycles. The maximum Gasteiger partial charge on any atom is 0.0786 e. The molecule has 109 heavy (non-hydrogen) atoms. The van der Waals surface area contributed by atoms with Gasteiger partial charge in [0.2, 0.25) is 0 Å². The van der Waals surface area contributed by atoms with E-state index in [1.807, 2.05) is 0 Å². The number of rotatable bonds is 94. The molecule has 0 bridgehead atoms. The summed E-state index contributed by atoms with van der Waals surface area (Å²) in [5, 5.41) is 0. The highest BCUT2D eigenvalue weighted by molar-refractivity contribution is 4.60. The van der Waals surface area contributed by atoms with E-state index in [1.165, 1.54) is 614 Å². The first kappa shape index (κ1) is 113. The molecule has 0 aliphatic rings. The third-order valence-corrected chi connectivity index (χ3v) is 25.8. The summed E-state index contributed by atoms with van der Waals surface area (Å²) in [6.07, 6.45) is 126. The Morgan fingerprint density at radius 3 is 0.303 bits per heavy atom. The predicted molar refractivity (Wildman–Crippen MR) is 506 cm³/mol. The molecule has 0 amide bonds. The summed E-state index contributed by atoms with van der Waals surface area (Å²) < 4.78 is 3.98. The fraction of sp³-hybridized carbons (Fsp3) is 1.00. The van der Waals surface area contributed by atoms with Gasteiger partial charge in [0.15, 0.2) is 0 Å². The van der Waals surface area contributed by atoms with Crippen LogP contribution in [0.25, 0.3) is 0 Å². The Hall–Kier alpha value is -0.120. The average Bonchev–Trinajstić information content (AvgIpc) is 0.885. The molecule has 0 aromatic carbocycles. The van der Waals surface area contributed by atoms with Gasteiger partial charge in [-0.05, 0) is 103 Å². The van der Waals surface area contributed by atoms with Crippen LogP contribution in [0, 0.1) is 0 Å². The van der Waals surface area contributed by atoms with Crippen LogP contribution in [-0.4, -0.2) is 94.0 Å². The van der Waals surface area contributed by atoms with Gasteiger partial charge in [-0.1, -0.05) is 505 Å². The van der Waals surface area contributed by atoms with Crippen molar-refractivity contribution in [1.29, 1.82) is 0 Å². The van der Waals surface area contributed by atoms with Crippen LogP contribution < -0.4 is 0 Å². The normalized spacial score (nSPS) is 12.0. The van der Waals surface area contributed by atoms with Gasteiger partial charge in [-0.15, -0.1) is 0 Å². The first-order valence-electron chi connectivity index (χ1n) is 53.0. The van der Waals surface area contributed by atoms with Gasteiger partial charge in [-0.25, -0.2) is 0 Å². The third-order valence-electron chi connectivity index (χ3n) is 25.8. The van der Waals surface area contributed by atoms with Crippen molar-refractivity contribution in [2.24, 2.45) is 0 Å². The summed E-state index contributed by atoms with van der Waals surface area (Å²) >= 11 is 0. The summed E-state index contributed by atoms with van der Waals surface area (Å²) in [6, 6.07) is 0. The highest BCUT2D eigenvalue weighted by Gasteiger charge is 2.26. The molecule has 3 heteroatoms. The Labute approximate surface area is 697 Å². The summed E-state index contributed by atoms with van der Waals surface area (Å²) in [6.45, 7) is 30.2. The standard InChI is InChI=1S/C48H100N.C37H78N.C21H46N/c1-5-9-13-17-21-25-29-33-37-41-45-49(46-42-38-34-30-26-22-18-14-10-6-2,47-43-39-35-31-27-23-19-15-11-7-3)48-44-40-36-32-28-24-20-16-12-8-4;1-5-8-11-14-17-20-23-26-29-32-35-38(4,36-33-30-27-24-21-18-15-12-9-6-2)37-34-31-28-25-22-19-16-13-10-7-3;1-5-6-7-8-9-10-11-12-13-14-15-16-17-18-19-20-21-22(2,3)4/h5-48H2,1-4H3;5-37H2,1-4H3;5-21H2,1-4H3/q3*+1. The van der Waals surface area contributed by atoms with E-state index in [0.717, 1.165) is 4.48 Å². The molecule has 0 aromatic rings.